The van der Waals surface area contributed by atoms with E-state index in [9.17, 15) is 21.6 Å². The lowest BCUT2D eigenvalue weighted by atomic mass is 10.3. The molecule has 2 aromatic rings. The van der Waals surface area contributed by atoms with Crippen molar-refractivity contribution in [3.05, 3.63) is 36.4 Å². The lowest BCUT2D eigenvalue weighted by Crippen LogP contribution is -2.12. The maximum Gasteiger partial charge on any atom is 0.387 e. The van der Waals surface area contributed by atoms with Crippen LogP contribution in [-0.2, 0) is 10.0 Å². The molecule has 10 heteroatoms. The third kappa shape index (κ3) is 3.20. The average molecular weight is 307 g/mol. The summed E-state index contributed by atoms with van der Waals surface area (Å²) >= 11 is 0. The molecule has 1 heterocycles. The van der Waals surface area contributed by atoms with Crippen molar-refractivity contribution in [3.63, 3.8) is 0 Å². The van der Waals surface area contributed by atoms with Gasteiger partial charge in [-0.2, -0.15) is 13.9 Å². The van der Waals surface area contributed by atoms with Gasteiger partial charge in [0.25, 0.3) is 10.0 Å². The van der Waals surface area contributed by atoms with Crippen LogP contribution in [0.15, 0.2) is 35.5 Å². The van der Waals surface area contributed by atoms with Crippen LogP contribution in [0.25, 0.3) is 0 Å². The van der Waals surface area contributed by atoms with E-state index in [0.717, 1.165) is 30.6 Å². The smallest absolute Gasteiger partial charge is 0.387 e. The standard InChI is InChI=1S/C10H8F3N3O3S/c11-8-3-6(1-2-9(8)19-10(12)13)16-20(17,18)7-4-14-15-5-7/h1-5,10,16H,(H,14,15). The number of H-pyrrole nitrogens is 1. The summed E-state index contributed by atoms with van der Waals surface area (Å²) in [5.41, 5.74) is -0.134. The van der Waals surface area contributed by atoms with Gasteiger partial charge in [0.05, 0.1) is 11.9 Å². The summed E-state index contributed by atoms with van der Waals surface area (Å²) in [5, 5.41) is 5.79. The Hall–Kier alpha value is -2.23. The molecular weight excluding hydrogens is 299 g/mol. The lowest BCUT2D eigenvalue weighted by Gasteiger charge is -2.09. The van der Waals surface area contributed by atoms with Gasteiger partial charge in [0.15, 0.2) is 11.6 Å². The van der Waals surface area contributed by atoms with E-state index in [1.165, 1.54) is 0 Å². The molecule has 6 nitrogen and oxygen atoms in total. The summed E-state index contributed by atoms with van der Waals surface area (Å²) in [6, 6.07) is 2.72. The lowest BCUT2D eigenvalue weighted by molar-refractivity contribution is -0.0521. The summed E-state index contributed by atoms with van der Waals surface area (Å²) in [6.45, 7) is -3.17. The van der Waals surface area contributed by atoms with Crippen LogP contribution in [-0.4, -0.2) is 25.2 Å². The van der Waals surface area contributed by atoms with E-state index in [2.05, 4.69) is 19.7 Å². The molecule has 2 N–H and O–H groups in total. The Morgan fingerprint density at radius 3 is 2.65 bits per heavy atom. The van der Waals surface area contributed by atoms with Crippen molar-refractivity contribution in [1.82, 2.24) is 10.2 Å². The zero-order valence-electron chi connectivity index (χ0n) is 9.68. The Kier molecular flexibility index (Phi) is 3.84. The predicted molar refractivity (Wildman–Crippen MR) is 62.4 cm³/mol. The quantitative estimate of drug-likeness (QED) is 0.884. The molecule has 1 aromatic heterocycles. The Morgan fingerprint density at radius 1 is 1.35 bits per heavy atom. The maximum absolute atomic E-state index is 13.4. The molecular formula is C10H8F3N3O3S. The number of sulfonamides is 1. The van der Waals surface area contributed by atoms with Crippen LogP contribution in [0.5, 0.6) is 5.75 Å². The highest BCUT2D eigenvalue weighted by molar-refractivity contribution is 7.92. The highest BCUT2D eigenvalue weighted by atomic mass is 32.2. The highest BCUT2D eigenvalue weighted by Gasteiger charge is 2.17. The Balaban J connectivity index is 2.21. The Labute approximate surface area is 111 Å². The van der Waals surface area contributed by atoms with Gasteiger partial charge < -0.3 is 4.74 Å². The molecule has 2 rings (SSSR count). The van der Waals surface area contributed by atoms with Gasteiger partial charge in [0, 0.05) is 12.3 Å². The molecule has 0 unspecified atom stereocenters. The number of ether oxygens (including phenoxy) is 1. The fourth-order valence-corrected chi connectivity index (χ4v) is 2.31. The van der Waals surface area contributed by atoms with Crippen molar-refractivity contribution in [2.24, 2.45) is 0 Å². The minimum atomic E-state index is -3.92. The van der Waals surface area contributed by atoms with E-state index in [0.29, 0.717) is 0 Å². The minimum Gasteiger partial charge on any atom is -0.432 e. The zero-order chi connectivity index (χ0) is 14.8. The second-order valence-electron chi connectivity index (χ2n) is 3.56. The zero-order valence-corrected chi connectivity index (χ0v) is 10.5. The molecule has 0 spiro atoms. The third-order valence-electron chi connectivity index (χ3n) is 2.18. The molecule has 0 aliphatic carbocycles. The van der Waals surface area contributed by atoms with Gasteiger partial charge in [-0.25, -0.2) is 12.8 Å². The molecule has 0 atom stereocenters. The Bertz CT molecular complexity index is 689. The highest BCUT2D eigenvalue weighted by Crippen LogP contribution is 2.24. The number of hydrogen-bond donors (Lipinski definition) is 2. The van der Waals surface area contributed by atoms with Crippen molar-refractivity contribution >= 4 is 15.7 Å². The molecule has 0 aliphatic heterocycles. The van der Waals surface area contributed by atoms with Crippen LogP contribution in [0.4, 0.5) is 18.9 Å². The van der Waals surface area contributed by atoms with E-state index in [4.69, 9.17) is 0 Å². The number of alkyl halides is 2. The minimum absolute atomic E-state index is 0.134. The normalized spacial score (nSPS) is 11.6. The average Bonchev–Trinajstić information content (AvgIpc) is 2.86. The van der Waals surface area contributed by atoms with E-state index in [1.807, 2.05) is 0 Å². The third-order valence-corrected chi connectivity index (χ3v) is 3.53. The fraction of sp³-hybridized carbons (Fsp3) is 0.100. The van der Waals surface area contributed by atoms with Crippen LogP contribution >= 0.6 is 0 Å². The summed E-state index contributed by atoms with van der Waals surface area (Å²) in [5.74, 6) is -1.79. The molecule has 0 fully saturated rings. The molecule has 108 valence electrons. The van der Waals surface area contributed by atoms with Gasteiger partial charge in [-0.15, -0.1) is 0 Å². The number of nitrogens with one attached hydrogen (secondary N) is 2. The first-order valence-corrected chi connectivity index (χ1v) is 6.63. The first kappa shape index (κ1) is 14.2. The largest absolute Gasteiger partial charge is 0.432 e. The molecule has 0 saturated carbocycles. The van der Waals surface area contributed by atoms with Gasteiger partial charge in [0.2, 0.25) is 0 Å². The predicted octanol–water partition coefficient (Wildman–Crippen LogP) is 1.95. The van der Waals surface area contributed by atoms with Crippen molar-refractivity contribution in [2.45, 2.75) is 11.5 Å². The SMILES string of the molecule is O=S(=O)(Nc1ccc(OC(F)F)c(F)c1)c1cn[nH]c1. The van der Waals surface area contributed by atoms with Crippen molar-refractivity contribution in [3.8, 4) is 5.75 Å². The monoisotopic (exact) mass is 307 g/mol. The Morgan fingerprint density at radius 2 is 2.10 bits per heavy atom. The topological polar surface area (TPSA) is 84.1 Å². The summed E-state index contributed by atoms with van der Waals surface area (Å²) < 4.78 is 66.9. The van der Waals surface area contributed by atoms with Gasteiger partial charge in [-0.05, 0) is 12.1 Å². The van der Waals surface area contributed by atoms with Crippen LogP contribution in [0.1, 0.15) is 0 Å². The number of hydrogen-bond acceptors (Lipinski definition) is 4. The number of nitrogens with zero attached hydrogens (tertiary/aromatic N) is 1. The first-order valence-electron chi connectivity index (χ1n) is 5.14. The number of halogens is 3. The van der Waals surface area contributed by atoms with Gasteiger partial charge >= 0.3 is 6.61 Å². The van der Waals surface area contributed by atoms with Gasteiger partial charge in [-0.3, -0.25) is 9.82 Å². The molecule has 0 aliphatic rings. The number of aromatic amines is 1. The van der Waals surface area contributed by atoms with E-state index in [-0.39, 0.29) is 10.6 Å². The first-order chi connectivity index (χ1) is 9.38. The number of benzene rings is 1. The van der Waals surface area contributed by atoms with Crippen LogP contribution < -0.4 is 9.46 Å². The number of anilines is 1. The number of rotatable bonds is 5. The summed E-state index contributed by atoms with van der Waals surface area (Å²) in [6.07, 6.45) is 2.19. The molecule has 0 radical (unpaired) electrons. The molecule has 0 saturated heterocycles. The summed E-state index contributed by atoms with van der Waals surface area (Å²) in [4.78, 5) is -0.147. The second-order valence-corrected chi connectivity index (χ2v) is 5.25. The van der Waals surface area contributed by atoms with E-state index < -0.39 is 28.2 Å². The van der Waals surface area contributed by atoms with Crippen molar-refractivity contribution < 1.29 is 26.3 Å². The summed E-state index contributed by atoms with van der Waals surface area (Å²) in [7, 11) is -3.92. The van der Waals surface area contributed by atoms with Crippen molar-refractivity contribution in [1.29, 1.82) is 0 Å². The second kappa shape index (κ2) is 5.41. The fourth-order valence-electron chi connectivity index (χ4n) is 1.36. The van der Waals surface area contributed by atoms with Gasteiger partial charge in [-0.1, -0.05) is 0 Å². The van der Waals surface area contributed by atoms with Crippen molar-refractivity contribution in [2.75, 3.05) is 4.72 Å². The molecule has 0 amide bonds. The van der Waals surface area contributed by atoms with Crippen LogP contribution in [0, 0.1) is 5.82 Å². The molecule has 20 heavy (non-hydrogen) atoms. The van der Waals surface area contributed by atoms with E-state index in [1.54, 1.807) is 0 Å². The number of aromatic nitrogens is 2. The van der Waals surface area contributed by atoms with Crippen LogP contribution in [0.2, 0.25) is 0 Å². The molecule has 0 bridgehead atoms. The van der Waals surface area contributed by atoms with E-state index >= 15 is 0 Å². The van der Waals surface area contributed by atoms with Gasteiger partial charge in [0.1, 0.15) is 4.90 Å². The molecule has 1 aromatic carbocycles. The van der Waals surface area contributed by atoms with Crippen LogP contribution in [0.3, 0.4) is 0 Å². The maximum atomic E-state index is 13.4.